The highest BCUT2D eigenvalue weighted by Crippen LogP contribution is 2.11. The molecule has 0 aliphatic rings. The lowest BCUT2D eigenvalue weighted by Gasteiger charge is -2.17. The summed E-state index contributed by atoms with van der Waals surface area (Å²) >= 11 is 0. The van der Waals surface area contributed by atoms with E-state index >= 15 is 0 Å². The van der Waals surface area contributed by atoms with Gasteiger partial charge in [0.15, 0.2) is 0 Å². The third-order valence-corrected chi connectivity index (χ3v) is 3.19. The Kier molecular flexibility index (Phi) is 11.3. The van der Waals surface area contributed by atoms with Crippen LogP contribution in [-0.2, 0) is 9.47 Å². The van der Waals surface area contributed by atoms with Crippen LogP contribution in [0.25, 0.3) is 0 Å². The van der Waals surface area contributed by atoms with Crippen molar-refractivity contribution in [3.63, 3.8) is 0 Å². The molecule has 108 valence electrons. The third-order valence-electron chi connectivity index (χ3n) is 3.19. The fourth-order valence-corrected chi connectivity index (χ4v) is 1.77. The van der Waals surface area contributed by atoms with Gasteiger partial charge in [-0.05, 0) is 38.7 Å². The van der Waals surface area contributed by atoms with Crippen LogP contribution in [0.3, 0.4) is 0 Å². The van der Waals surface area contributed by atoms with Crippen molar-refractivity contribution < 1.29 is 9.47 Å². The lowest BCUT2D eigenvalue weighted by atomic mass is 10.2. The molecular weight excluding hydrogens is 224 g/mol. The van der Waals surface area contributed by atoms with E-state index in [2.05, 4.69) is 34.6 Å². The molecule has 0 unspecified atom stereocenters. The van der Waals surface area contributed by atoms with Gasteiger partial charge in [-0.25, -0.2) is 0 Å². The molecular formula is C16H32O2. The van der Waals surface area contributed by atoms with Gasteiger partial charge in [0, 0.05) is 0 Å². The Balaban J connectivity index is 3.91. The van der Waals surface area contributed by atoms with Crippen LogP contribution in [0.2, 0.25) is 0 Å². The van der Waals surface area contributed by atoms with E-state index in [9.17, 15) is 0 Å². The van der Waals surface area contributed by atoms with Crippen LogP contribution >= 0.6 is 0 Å². The molecule has 0 heterocycles. The first-order chi connectivity index (χ1) is 8.65. The molecule has 0 aromatic rings. The Bertz CT molecular complexity index is 213. The van der Waals surface area contributed by atoms with Crippen molar-refractivity contribution in [1.82, 2.24) is 0 Å². The van der Waals surface area contributed by atoms with Crippen LogP contribution in [0.5, 0.6) is 0 Å². The summed E-state index contributed by atoms with van der Waals surface area (Å²) < 4.78 is 11.7. The number of allylic oxidation sites excluding steroid dienone is 1. The highest BCUT2D eigenvalue weighted by atomic mass is 16.5. The molecule has 18 heavy (non-hydrogen) atoms. The van der Waals surface area contributed by atoms with E-state index in [0.717, 1.165) is 31.6 Å². The molecule has 0 saturated carbocycles. The van der Waals surface area contributed by atoms with Gasteiger partial charge in [-0.15, -0.1) is 0 Å². The summed E-state index contributed by atoms with van der Waals surface area (Å²) in [7, 11) is 0. The molecule has 0 rings (SSSR count). The second-order valence-electron chi connectivity index (χ2n) is 5.08. The number of hydrogen-bond donors (Lipinski definition) is 0. The zero-order valence-corrected chi connectivity index (χ0v) is 13.1. The van der Waals surface area contributed by atoms with E-state index in [0.29, 0.717) is 12.7 Å². The Hall–Kier alpha value is -0.500. The van der Waals surface area contributed by atoms with Crippen LogP contribution < -0.4 is 0 Å². The maximum atomic E-state index is 5.86. The predicted molar refractivity (Wildman–Crippen MR) is 78.8 cm³/mol. The largest absolute Gasteiger partial charge is 0.496 e. The first-order valence-corrected chi connectivity index (χ1v) is 7.56. The predicted octanol–water partition coefficient (Wildman–Crippen LogP) is 5.08. The molecule has 2 nitrogen and oxygen atoms in total. The molecule has 0 aliphatic carbocycles. The Labute approximate surface area is 114 Å². The first-order valence-electron chi connectivity index (χ1n) is 7.56. The zero-order valence-electron chi connectivity index (χ0n) is 13.1. The fourth-order valence-electron chi connectivity index (χ4n) is 1.77. The molecule has 0 fully saturated rings. The van der Waals surface area contributed by atoms with Gasteiger partial charge in [0.25, 0.3) is 0 Å². The van der Waals surface area contributed by atoms with Crippen LogP contribution in [-0.4, -0.2) is 19.3 Å². The van der Waals surface area contributed by atoms with Gasteiger partial charge in [-0.2, -0.15) is 0 Å². The highest BCUT2D eigenvalue weighted by Gasteiger charge is 2.07. The molecule has 0 aliphatic heterocycles. The van der Waals surface area contributed by atoms with Crippen molar-refractivity contribution in [1.29, 1.82) is 0 Å². The first kappa shape index (κ1) is 17.5. The van der Waals surface area contributed by atoms with Crippen molar-refractivity contribution in [2.75, 3.05) is 13.2 Å². The van der Waals surface area contributed by atoms with Crippen LogP contribution in [0, 0.1) is 0 Å². The van der Waals surface area contributed by atoms with E-state index < -0.39 is 0 Å². The number of rotatable bonds is 11. The van der Waals surface area contributed by atoms with Gasteiger partial charge in [-0.1, -0.05) is 40.0 Å². The maximum Gasteiger partial charge on any atom is 0.120 e. The van der Waals surface area contributed by atoms with Crippen molar-refractivity contribution in [2.45, 2.75) is 79.2 Å². The molecule has 0 radical (unpaired) electrons. The Morgan fingerprint density at radius 1 is 0.944 bits per heavy atom. The zero-order chi connectivity index (χ0) is 13.8. The summed E-state index contributed by atoms with van der Waals surface area (Å²) in [6.45, 7) is 12.2. The number of ether oxygens (including phenoxy) is 2. The molecule has 0 saturated heterocycles. The monoisotopic (exact) mass is 256 g/mol. The second kappa shape index (κ2) is 11.6. The Morgan fingerprint density at radius 3 is 2.11 bits per heavy atom. The third kappa shape index (κ3) is 8.57. The topological polar surface area (TPSA) is 18.5 Å². The molecule has 0 aromatic carbocycles. The average molecular weight is 256 g/mol. The quantitative estimate of drug-likeness (QED) is 0.379. The molecule has 0 amide bonds. The van der Waals surface area contributed by atoms with E-state index in [1.54, 1.807) is 0 Å². The van der Waals surface area contributed by atoms with E-state index in [4.69, 9.17) is 9.47 Å². The van der Waals surface area contributed by atoms with Crippen molar-refractivity contribution in [3.05, 3.63) is 11.3 Å². The minimum atomic E-state index is 0.364. The van der Waals surface area contributed by atoms with E-state index in [1.165, 1.54) is 24.8 Å². The Morgan fingerprint density at radius 2 is 1.61 bits per heavy atom. The van der Waals surface area contributed by atoms with Gasteiger partial charge in [-0.3, -0.25) is 0 Å². The van der Waals surface area contributed by atoms with Crippen LogP contribution in [0.4, 0.5) is 0 Å². The number of unbranched alkanes of at least 4 members (excludes halogenated alkanes) is 3. The van der Waals surface area contributed by atoms with Gasteiger partial charge in [0.2, 0.25) is 0 Å². The minimum absolute atomic E-state index is 0.364. The second-order valence-corrected chi connectivity index (χ2v) is 5.08. The normalized spacial score (nSPS) is 10.8. The molecule has 0 N–H and O–H groups in total. The van der Waals surface area contributed by atoms with Gasteiger partial charge >= 0.3 is 0 Å². The van der Waals surface area contributed by atoms with Gasteiger partial charge in [0.05, 0.1) is 12.7 Å². The highest BCUT2D eigenvalue weighted by molar-refractivity contribution is 5.03. The summed E-state index contributed by atoms with van der Waals surface area (Å²) in [5.74, 6) is 1.03. The maximum absolute atomic E-state index is 5.86. The lowest BCUT2D eigenvalue weighted by molar-refractivity contribution is 0.0332. The molecule has 0 aromatic heterocycles. The van der Waals surface area contributed by atoms with Crippen molar-refractivity contribution in [3.8, 4) is 0 Å². The van der Waals surface area contributed by atoms with E-state index in [-0.39, 0.29) is 0 Å². The standard InChI is InChI=1S/C16H32O2/c1-6-9-10-11-12-17-16(14(4)5)13-18-15(7-2)8-3/h15H,6-13H2,1-5H3. The minimum Gasteiger partial charge on any atom is -0.496 e. The van der Waals surface area contributed by atoms with Crippen LogP contribution in [0.1, 0.15) is 73.1 Å². The summed E-state index contributed by atoms with van der Waals surface area (Å²) in [5, 5.41) is 0. The summed E-state index contributed by atoms with van der Waals surface area (Å²) in [6, 6.07) is 0. The van der Waals surface area contributed by atoms with Crippen molar-refractivity contribution >= 4 is 0 Å². The average Bonchev–Trinajstić information content (AvgIpc) is 2.36. The van der Waals surface area contributed by atoms with Crippen molar-refractivity contribution in [2.24, 2.45) is 0 Å². The lowest BCUT2D eigenvalue weighted by Crippen LogP contribution is -2.14. The molecule has 0 atom stereocenters. The SMILES string of the molecule is CCCCCCOC(COC(CC)CC)=C(C)C. The molecule has 2 heteroatoms. The van der Waals surface area contributed by atoms with E-state index in [1.807, 2.05) is 0 Å². The smallest absolute Gasteiger partial charge is 0.120 e. The summed E-state index contributed by atoms with van der Waals surface area (Å²) in [4.78, 5) is 0. The summed E-state index contributed by atoms with van der Waals surface area (Å²) in [5.41, 5.74) is 1.23. The van der Waals surface area contributed by atoms with Crippen LogP contribution in [0.15, 0.2) is 11.3 Å². The summed E-state index contributed by atoms with van der Waals surface area (Å²) in [6.07, 6.45) is 7.50. The van der Waals surface area contributed by atoms with Gasteiger partial charge in [0.1, 0.15) is 12.4 Å². The van der Waals surface area contributed by atoms with Gasteiger partial charge < -0.3 is 9.47 Å². The fraction of sp³-hybridized carbons (Fsp3) is 0.875. The molecule has 0 spiro atoms. The number of hydrogen-bond acceptors (Lipinski definition) is 2. The molecule has 0 bridgehead atoms.